The van der Waals surface area contributed by atoms with Crippen LogP contribution in [-0.2, 0) is 13.0 Å². The molecule has 0 spiro atoms. The van der Waals surface area contributed by atoms with Crippen LogP contribution >= 0.6 is 0 Å². The Morgan fingerprint density at radius 1 is 1.55 bits per heavy atom. The first-order chi connectivity index (χ1) is 9.61. The third kappa shape index (κ3) is 2.96. The lowest BCUT2D eigenvalue weighted by Crippen LogP contribution is -2.12. The molecule has 0 amide bonds. The number of rotatable bonds is 6. The topological polar surface area (TPSA) is 138 Å². The fraction of sp³-hybridized carbons (Fsp3) is 0.400. The summed E-state index contributed by atoms with van der Waals surface area (Å²) in [4.78, 5) is 17.6. The number of hydrogen-bond donors (Lipinski definition) is 2. The van der Waals surface area contributed by atoms with Crippen molar-refractivity contribution >= 4 is 17.5 Å². The molecular formula is C10H14N8O2. The highest BCUT2D eigenvalue weighted by Gasteiger charge is 2.14. The molecule has 2 aromatic rings. The molecule has 3 N–H and O–H groups in total. The largest absolute Gasteiger partial charge is 0.378 e. The van der Waals surface area contributed by atoms with Crippen LogP contribution in [0.2, 0.25) is 0 Å². The van der Waals surface area contributed by atoms with E-state index in [-0.39, 0.29) is 17.5 Å². The van der Waals surface area contributed by atoms with E-state index in [4.69, 9.17) is 5.73 Å². The van der Waals surface area contributed by atoms with Crippen LogP contribution < -0.4 is 11.1 Å². The number of hydrogen-bond acceptors (Lipinski definition) is 8. The van der Waals surface area contributed by atoms with Gasteiger partial charge in [0.1, 0.15) is 18.3 Å². The van der Waals surface area contributed by atoms with E-state index in [0.717, 1.165) is 18.6 Å². The Bertz CT molecular complexity index is 611. The Hall–Kier alpha value is -2.78. The maximum Gasteiger partial charge on any atom is 0.329 e. The summed E-state index contributed by atoms with van der Waals surface area (Å²) in [6, 6.07) is 0. The Kier molecular flexibility index (Phi) is 4.03. The highest BCUT2D eigenvalue weighted by Crippen LogP contribution is 2.17. The molecule has 0 unspecified atom stereocenters. The molecule has 0 atom stereocenters. The molecule has 0 bridgehead atoms. The van der Waals surface area contributed by atoms with E-state index < -0.39 is 4.92 Å². The average molecular weight is 278 g/mol. The van der Waals surface area contributed by atoms with Crippen LogP contribution in [-0.4, -0.2) is 36.2 Å². The van der Waals surface area contributed by atoms with E-state index in [1.54, 1.807) is 6.33 Å². The summed E-state index contributed by atoms with van der Waals surface area (Å²) < 4.78 is 1.92. The molecule has 0 fully saturated rings. The monoisotopic (exact) mass is 278 g/mol. The molecule has 0 aliphatic carbocycles. The summed E-state index contributed by atoms with van der Waals surface area (Å²) in [7, 11) is 0. The molecule has 10 heteroatoms. The van der Waals surface area contributed by atoms with E-state index in [0.29, 0.717) is 13.0 Å². The smallest absolute Gasteiger partial charge is 0.329 e. The van der Waals surface area contributed by atoms with Crippen LogP contribution in [0.1, 0.15) is 12.7 Å². The molecule has 0 saturated heterocycles. The summed E-state index contributed by atoms with van der Waals surface area (Å²) in [6.45, 7) is 3.32. The van der Waals surface area contributed by atoms with Crippen molar-refractivity contribution < 1.29 is 4.92 Å². The summed E-state index contributed by atoms with van der Waals surface area (Å²) in [6.07, 6.45) is 3.38. The molecule has 106 valence electrons. The molecular weight excluding hydrogens is 264 g/mol. The molecule has 2 aromatic heterocycles. The average Bonchev–Trinajstić information content (AvgIpc) is 2.86. The minimum atomic E-state index is -0.622. The Morgan fingerprint density at radius 3 is 3.00 bits per heavy atom. The number of anilines is 2. The van der Waals surface area contributed by atoms with Gasteiger partial charge in [-0.2, -0.15) is 4.98 Å². The summed E-state index contributed by atoms with van der Waals surface area (Å²) in [5, 5.41) is 21.3. The third-order valence-electron chi connectivity index (χ3n) is 2.66. The zero-order chi connectivity index (χ0) is 14.5. The van der Waals surface area contributed by atoms with Gasteiger partial charge in [-0.3, -0.25) is 10.1 Å². The Balaban J connectivity index is 1.95. The van der Waals surface area contributed by atoms with Crippen molar-refractivity contribution in [1.82, 2.24) is 24.7 Å². The van der Waals surface area contributed by atoms with Crippen LogP contribution in [0.25, 0.3) is 0 Å². The molecule has 0 aliphatic heterocycles. The standard InChI is InChI=1S/C10H14N8O2/c1-2-17-6-14-16-8(17)3-4-12-10-13-5-7(18(19)20)9(11)15-10/h5-6H,2-4H2,1H3,(H3,11,12,13,15). The Morgan fingerprint density at radius 2 is 2.35 bits per heavy atom. The van der Waals surface area contributed by atoms with E-state index in [2.05, 4.69) is 25.5 Å². The zero-order valence-electron chi connectivity index (χ0n) is 10.9. The van der Waals surface area contributed by atoms with Gasteiger partial charge in [0.25, 0.3) is 0 Å². The second-order valence-electron chi connectivity index (χ2n) is 3.93. The van der Waals surface area contributed by atoms with Crippen molar-refractivity contribution in [3.8, 4) is 0 Å². The van der Waals surface area contributed by atoms with Crippen molar-refractivity contribution in [3.05, 3.63) is 28.5 Å². The highest BCUT2D eigenvalue weighted by atomic mass is 16.6. The lowest BCUT2D eigenvalue weighted by atomic mass is 10.4. The normalized spacial score (nSPS) is 10.4. The molecule has 0 radical (unpaired) electrons. The van der Waals surface area contributed by atoms with Gasteiger partial charge in [-0.15, -0.1) is 10.2 Å². The van der Waals surface area contributed by atoms with E-state index in [1.165, 1.54) is 0 Å². The Labute approximate surface area is 114 Å². The zero-order valence-corrected chi connectivity index (χ0v) is 10.9. The molecule has 0 aliphatic rings. The molecule has 2 rings (SSSR count). The number of nitrogens with one attached hydrogen (secondary N) is 1. The van der Waals surface area contributed by atoms with Crippen molar-refractivity contribution in [2.24, 2.45) is 0 Å². The van der Waals surface area contributed by atoms with Crippen LogP contribution in [0.4, 0.5) is 17.5 Å². The van der Waals surface area contributed by atoms with Crippen LogP contribution in [0, 0.1) is 10.1 Å². The number of nitrogen functional groups attached to an aromatic ring is 1. The van der Waals surface area contributed by atoms with Gasteiger partial charge in [-0.05, 0) is 6.92 Å². The summed E-state index contributed by atoms with van der Waals surface area (Å²) >= 11 is 0. The second-order valence-corrected chi connectivity index (χ2v) is 3.93. The van der Waals surface area contributed by atoms with E-state index in [9.17, 15) is 10.1 Å². The van der Waals surface area contributed by atoms with Crippen LogP contribution in [0.15, 0.2) is 12.5 Å². The SMILES string of the molecule is CCn1cnnc1CCNc1ncc([N+](=O)[O-])c(N)n1. The van der Waals surface area contributed by atoms with Gasteiger partial charge in [0.2, 0.25) is 11.8 Å². The maximum atomic E-state index is 10.6. The number of nitrogens with two attached hydrogens (primary N) is 1. The highest BCUT2D eigenvalue weighted by molar-refractivity contribution is 5.53. The van der Waals surface area contributed by atoms with Gasteiger partial charge in [0.15, 0.2) is 0 Å². The lowest BCUT2D eigenvalue weighted by Gasteiger charge is -2.05. The minimum absolute atomic E-state index is 0.163. The number of nitro groups is 1. The molecule has 0 saturated carbocycles. The third-order valence-corrected chi connectivity index (χ3v) is 2.66. The number of aromatic nitrogens is 5. The fourth-order valence-electron chi connectivity index (χ4n) is 1.64. The summed E-state index contributed by atoms with van der Waals surface area (Å²) in [5.41, 5.74) is 5.17. The maximum absolute atomic E-state index is 10.6. The number of nitrogens with zero attached hydrogens (tertiary/aromatic N) is 6. The van der Waals surface area contributed by atoms with Crippen LogP contribution in [0.3, 0.4) is 0 Å². The predicted molar refractivity (Wildman–Crippen MR) is 71.0 cm³/mol. The van der Waals surface area contributed by atoms with Crippen molar-refractivity contribution in [2.75, 3.05) is 17.6 Å². The second kappa shape index (κ2) is 5.91. The van der Waals surface area contributed by atoms with Gasteiger partial charge in [-0.25, -0.2) is 4.98 Å². The molecule has 2 heterocycles. The van der Waals surface area contributed by atoms with Gasteiger partial charge < -0.3 is 15.6 Å². The quantitative estimate of drug-likeness (QED) is 0.565. The number of aryl methyl sites for hydroxylation is 1. The lowest BCUT2D eigenvalue weighted by molar-refractivity contribution is -0.384. The van der Waals surface area contributed by atoms with Gasteiger partial charge in [0.05, 0.1) is 4.92 Å². The summed E-state index contributed by atoms with van der Waals surface area (Å²) in [5.74, 6) is 0.926. The van der Waals surface area contributed by atoms with E-state index >= 15 is 0 Å². The molecule has 20 heavy (non-hydrogen) atoms. The molecule has 10 nitrogen and oxygen atoms in total. The van der Waals surface area contributed by atoms with Crippen LogP contribution in [0.5, 0.6) is 0 Å². The van der Waals surface area contributed by atoms with Crippen molar-refractivity contribution in [3.63, 3.8) is 0 Å². The minimum Gasteiger partial charge on any atom is -0.378 e. The van der Waals surface area contributed by atoms with E-state index in [1.807, 2.05) is 11.5 Å². The first-order valence-electron chi connectivity index (χ1n) is 5.99. The van der Waals surface area contributed by atoms with Crippen molar-refractivity contribution in [2.45, 2.75) is 19.9 Å². The van der Waals surface area contributed by atoms with Gasteiger partial charge in [0, 0.05) is 19.5 Å². The molecule has 0 aromatic carbocycles. The van der Waals surface area contributed by atoms with Gasteiger partial charge >= 0.3 is 5.69 Å². The predicted octanol–water partition coefficient (Wildman–Crippen LogP) is 0.233. The fourth-order valence-corrected chi connectivity index (χ4v) is 1.64. The first kappa shape index (κ1) is 13.6. The first-order valence-corrected chi connectivity index (χ1v) is 5.99. The van der Waals surface area contributed by atoms with Gasteiger partial charge in [-0.1, -0.05) is 0 Å². The van der Waals surface area contributed by atoms with Crippen molar-refractivity contribution in [1.29, 1.82) is 0 Å².